The Balaban J connectivity index is 1.44. The highest BCUT2D eigenvalue weighted by molar-refractivity contribution is 6.31. The Morgan fingerprint density at radius 1 is 1.32 bits per heavy atom. The minimum atomic E-state index is -0.0321. The second kappa shape index (κ2) is 6.74. The summed E-state index contributed by atoms with van der Waals surface area (Å²) in [6.45, 7) is 0.708. The Bertz CT molecular complexity index is 1020. The molecule has 144 valence electrons. The van der Waals surface area contributed by atoms with E-state index in [0.717, 1.165) is 47.5 Å². The minimum absolute atomic E-state index is 0.0321. The summed E-state index contributed by atoms with van der Waals surface area (Å²) >= 11 is 6.36. The summed E-state index contributed by atoms with van der Waals surface area (Å²) in [6, 6.07) is 7.87. The number of hydrogen-bond donors (Lipinski definition) is 1. The summed E-state index contributed by atoms with van der Waals surface area (Å²) < 4.78 is 1.80. The fourth-order valence-electron chi connectivity index (χ4n) is 4.52. The maximum absolute atomic E-state index is 13.2. The van der Waals surface area contributed by atoms with Gasteiger partial charge < -0.3 is 4.90 Å². The summed E-state index contributed by atoms with van der Waals surface area (Å²) in [5.74, 6) is 0.477. The van der Waals surface area contributed by atoms with E-state index in [1.54, 1.807) is 10.9 Å². The van der Waals surface area contributed by atoms with Crippen molar-refractivity contribution < 1.29 is 4.79 Å². The van der Waals surface area contributed by atoms with E-state index in [0.29, 0.717) is 23.9 Å². The largest absolute Gasteiger partial charge is 0.331 e. The van der Waals surface area contributed by atoms with Crippen molar-refractivity contribution in [2.75, 3.05) is 6.54 Å². The highest BCUT2D eigenvalue weighted by Gasteiger charge is 2.39. The molecule has 0 saturated carbocycles. The van der Waals surface area contributed by atoms with Crippen molar-refractivity contribution in [2.24, 2.45) is 13.0 Å². The molecule has 1 N–H and O–H groups in total. The molecule has 7 nitrogen and oxygen atoms in total. The van der Waals surface area contributed by atoms with Gasteiger partial charge in [-0.1, -0.05) is 35.0 Å². The van der Waals surface area contributed by atoms with E-state index in [1.807, 2.05) is 30.1 Å². The number of carbonyl (C=O) groups is 1. The molecular weight excluding hydrogens is 376 g/mol. The summed E-state index contributed by atoms with van der Waals surface area (Å²) in [5.41, 5.74) is 4.98. The van der Waals surface area contributed by atoms with E-state index in [9.17, 15) is 4.79 Å². The van der Waals surface area contributed by atoms with E-state index >= 15 is 0 Å². The lowest BCUT2D eigenvalue weighted by Crippen LogP contribution is -2.36. The predicted octanol–water partition coefficient (Wildman–Crippen LogP) is 2.74. The van der Waals surface area contributed by atoms with E-state index in [1.165, 1.54) is 0 Å². The Hall–Kier alpha value is -2.67. The highest BCUT2D eigenvalue weighted by Crippen LogP contribution is 2.38. The maximum atomic E-state index is 13.2. The molecule has 28 heavy (non-hydrogen) atoms. The zero-order valence-corrected chi connectivity index (χ0v) is 16.4. The fraction of sp³-hybridized carbons (Fsp3) is 0.400. The van der Waals surface area contributed by atoms with Gasteiger partial charge in [0.15, 0.2) is 0 Å². The van der Waals surface area contributed by atoms with Gasteiger partial charge in [-0.15, -0.1) is 5.10 Å². The van der Waals surface area contributed by atoms with Gasteiger partial charge >= 0.3 is 0 Å². The van der Waals surface area contributed by atoms with E-state index in [-0.39, 0.29) is 11.9 Å². The third kappa shape index (κ3) is 2.81. The summed E-state index contributed by atoms with van der Waals surface area (Å²) in [6.07, 6.45) is 5.12. The van der Waals surface area contributed by atoms with Crippen molar-refractivity contribution in [1.82, 2.24) is 30.1 Å². The van der Waals surface area contributed by atoms with Gasteiger partial charge in [-0.2, -0.15) is 5.10 Å². The number of rotatable bonds is 4. The van der Waals surface area contributed by atoms with Crippen LogP contribution in [0.3, 0.4) is 0 Å². The first-order valence-corrected chi connectivity index (χ1v) is 9.94. The average molecular weight is 397 g/mol. The van der Waals surface area contributed by atoms with Crippen LogP contribution in [0.1, 0.15) is 45.5 Å². The molecule has 5 rings (SSSR count). The third-order valence-corrected chi connectivity index (χ3v) is 6.34. The molecule has 3 heterocycles. The van der Waals surface area contributed by atoms with Crippen LogP contribution >= 0.6 is 11.6 Å². The van der Waals surface area contributed by atoms with Crippen molar-refractivity contribution in [3.8, 4) is 0 Å². The first-order chi connectivity index (χ1) is 13.6. The van der Waals surface area contributed by atoms with Gasteiger partial charge in [0, 0.05) is 25.6 Å². The van der Waals surface area contributed by atoms with Crippen LogP contribution in [0.15, 0.2) is 30.5 Å². The normalized spacial score (nSPS) is 21.1. The number of nitrogens with zero attached hydrogens (tertiary/aromatic N) is 5. The van der Waals surface area contributed by atoms with Crippen LogP contribution in [-0.4, -0.2) is 42.5 Å². The van der Waals surface area contributed by atoms with Gasteiger partial charge in [0.1, 0.15) is 0 Å². The molecule has 2 aromatic heterocycles. The Labute approximate surface area is 167 Å². The number of fused-ring (bicyclic) bond motifs is 2. The van der Waals surface area contributed by atoms with Crippen LogP contribution in [-0.2, 0) is 26.3 Å². The molecule has 8 heteroatoms. The molecule has 0 fully saturated rings. The van der Waals surface area contributed by atoms with Crippen molar-refractivity contribution in [2.45, 2.75) is 31.7 Å². The van der Waals surface area contributed by atoms with E-state index in [4.69, 9.17) is 11.6 Å². The molecule has 1 amide bonds. The molecule has 0 saturated heterocycles. The number of hydrogen-bond acceptors (Lipinski definition) is 4. The molecular formula is C20H21ClN6O. The number of nitrogens with one attached hydrogen (secondary N) is 1. The Morgan fingerprint density at radius 3 is 3.00 bits per heavy atom. The van der Waals surface area contributed by atoms with Gasteiger partial charge in [-0.25, -0.2) is 0 Å². The standard InChI is InChI=1S/C20H21ClN6O/c1-26-19(15(21)10-22-26)9-18-13-4-2-3-5-14(13)20(28)27(18)11-12-6-7-16-17(8-12)24-25-23-16/h2-5,10,12,18H,6-9,11H2,1H3,(H,23,24,25)/t12-,18+/m1/s1. The predicted molar refractivity (Wildman–Crippen MR) is 104 cm³/mol. The monoisotopic (exact) mass is 396 g/mol. The van der Waals surface area contributed by atoms with Gasteiger partial charge in [-0.05, 0) is 36.8 Å². The lowest BCUT2D eigenvalue weighted by Gasteiger charge is -2.31. The molecule has 1 aliphatic carbocycles. The molecule has 0 unspecified atom stereocenters. The molecule has 0 radical (unpaired) electrons. The number of halogens is 1. The lowest BCUT2D eigenvalue weighted by atomic mass is 9.89. The van der Waals surface area contributed by atoms with Crippen LogP contribution in [0, 0.1) is 5.92 Å². The lowest BCUT2D eigenvalue weighted by molar-refractivity contribution is 0.0681. The number of aromatic nitrogens is 5. The van der Waals surface area contributed by atoms with E-state index < -0.39 is 0 Å². The van der Waals surface area contributed by atoms with E-state index in [2.05, 4.69) is 26.6 Å². The molecule has 0 spiro atoms. The average Bonchev–Trinajstić information content (AvgIpc) is 3.37. The second-order valence-electron chi connectivity index (χ2n) is 7.67. The maximum Gasteiger partial charge on any atom is 0.254 e. The number of carbonyl (C=O) groups excluding carboxylic acids is 1. The van der Waals surface area contributed by atoms with Crippen LogP contribution in [0.2, 0.25) is 5.02 Å². The third-order valence-electron chi connectivity index (χ3n) is 6.03. The molecule has 1 aromatic carbocycles. The SMILES string of the molecule is Cn1ncc(Cl)c1C[C@H]1c2ccccc2C(=O)N1C[C@@H]1CCc2[nH]nnc2C1. The van der Waals surface area contributed by atoms with Crippen molar-refractivity contribution in [3.63, 3.8) is 0 Å². The first kappa shape index (κ1) is 17.4. The summed E-state index contributed by atoms with van der Waals surface area (Å²) in [4.78, 5) is 15.2. The zero-order valence-electron chi connectivity index (χ0n) is 15.6. The molecule has 0 bridgehead atoms. The minimum Gasteiger partial charge on any atom is -0.331 e. The molecule has 3 aromatic rings. The van der Waals surface area contributed by atoms with Crippen molar-refractivity contribution >= 4 is 17.5 Å². The van der Waals surface area contributed by atoms with Gasteiger partial charge in [0.05, 0.1) is 34.3 Å². The Kier molecular flexibility index (Phi) is 4.19. The van der Waals surface area contributed by atoms with Crippen LogP contribution in [0.4, 0.5) is 0 Å². The number of aryl methyl sites for hydroxylation is 2. The highest BCUT2D eigenvalue weighted by atomic mass is 35.5. The van der Waals surface area contributed by atoms with Crippen LogP contribution in [0.5, 0.6) is 0 Å². The van der Waals surface area contributed by atoms with Crippen molar-refractivity contribution in [1.29, 1.82) is 0 Å². The molecule has 1 aliphatic heterocycles. The zero-order chi connectivity index (χ0) is 19.3. The molecule has 2 atom stereocenters. The number of amides is 1. The summed E-state index contributed by atoms with van der Waals surface area (Å²) in [5, 5.41) is 16.0. The number of benzene rings is 1. The Morgan fingerprint density at radius 2 is 2.18 bits per heavy atom. The fourth-order valence-corrected chi connectivity index (χ4v) is 4.76. The first-order valence-electron chi connectivity index (χ1n) is 9.57. The van der Waals surface area contributed by atoms with Crippen molar-refractivity contribution in [3.05, 3.63) is 63.7 Å². The number of aromatic amines is 1. The molecule has 2 aliphatic rings. The second-order valence-corrected chi connectivity index (χ2v) is 8.08. The van der Waals surface area contributed by atoms with Crippen LogP contribution in [0.25, 0.3) is 0 Å². The van der Waals surface area contributed by atoms with Gasteiger partial charge in [0.25, 0.3) is 5.91 Å². The number of H-pyrrole nitrogens is 1. The smallest absolute Gasteiger partial charge is 0.254 e. The van der Waals surface area contributed by atoms with Crippen LogP contribution < -0.4 is 0 Å². The van der Waals surface area contributed by atoms with Gasteiger partial charge in [0.2, 0.25) is 0 Å². The topological polar surface area (TPSA) is 79.7 Å². The summed E-state index contributed by atoms with van der Waals surface area (Å²) in [7, 11) is 1.89. The quantitative estimate of drug-likeness (QED) is 0.735. The van der Waals surface area contributed by atoms with Gasteiger partial charge in [-0.3, -0.25) is 14.6 Å².